The Balaban J connectivity index is 1.56. The van der Waals surface area contributed by atoms with Crippen LogP contribution in [0.1, 0.15) is 41.0 Å². The molecule has 1 aliphatic rings. The van der Waals surface area contributed by atoms with Gasteiger partial charge in [0.2, 0.25) is 0 Å². The van der Waals surface area contributed by atoms with Crippen LogP contribution in [0.15, 0.2) is 46.8 Å². The summed E-state index contributed by atoms with van der Waals surface area (Å²) in [5.74, 6) is 1.29. The standard InChI is InChI=1S/C23H34N4OS/c1-17-9-11-18(12-10-17)22-19(7-5-13-28-22)15-25-23(24-2)26-16-20(27(3)4)21-8-6-14-29-21/h6,8-12,14,19-20,22H,5,7,13,15-16H2,1-4H3,(H2,24,25,26). The Morgan fingerprint density at radius 1 is 1.24 bits per heavy atom. The summed E-state index contributed by atoms with van der Waals surface area (Å²) in [4.78, 5) is 8.04. The number of nitrogens with zero attached hydrogens (tertiary/aromatic N) is 2. The second kappa shape index (κ2) is 10.8. The summed E-state index contributed by atoms with van der Waals surface area (Å²) in [5, 5.41) is 9.17. The number of ether oxygens (including phenoxy) is 1. The number of rotatable bonds is 7. The van der Waals surface area contributed by atoms with E-state index in [1.807, 2.05) is 7.05 Å². The minimum Gasteiger partial charge on any atom is -0.373 e. The first-order valence-electron chi connectivity index (χ1n) is 10.4. The van der Waals surface area contributed by atoms with Crippen molar-refractivity contribution < 1.29 is 4.74 Å². The molecule has 0 spiro atoms. The molecule has 3 unspecified atom stereocenters. The zero-order valence-electron chi connectivity index (χ0n) is 18.0. The van der Waals surface area contributed by atoms with Crippen molar-refractivity contribution in [3.63, 3.8) is 0 Å². The normalized spacial score (nSPS) is 21.2. The minimum absolute atomic E-state index is 0.149. The van der Waals surface area contributed by atoms with E-state index in [0.29, 0.717) is 12.0 Å². The van der Waals surface area contributed by atoms with Gasteiger partial charge in [-0.25, -0.2) is 0 Å². The molecule has 6 heteroatoms. The average Bonchev–Trinajstić information content (AvgIpc) is 3.25. The molecule has 0 radical (unpaired) electrons. The molecule has 2 N–H and O–H groups in total. The largest absolute Gasteiger partial charge is 0.373 e. The predicted octanol–water partition coefficient (Wildman–Crippen LogP) is 3.99. The molecular formula is C23H34N4OS. The number of aryl methyl sites for hydroxylation is 1. The SMILES string of the molecule is CN=C(NCC1CCCOC1c1ccc(C)cc1)NCC(c1cccs1)N(C)C. The van der Waals surface area contributed by atoms with Crippen molar-refractivity contribution in [1.82, 2.24) is 15.5 Å². The monoisotopic (exact) mass is 414 g/mol. The predicted molar refractivity (Wildman–Crippen MR) is 123 cm³/mol. The molecule has 5 nitrogen and oxygen atoms in total. The van der Waals surface area contributed by atoms with E-state index in [0.717, 1.165) is 38.5 Å². The van der Waals surface area contributed by atoms with E-state index in [4.69, 9.17) is 4.74 Å². The van der Waals surface area contributed by atoms with Crippen molar-refractivity contribution in [2.24, 2.45) is 10.9 Å². The van der Waals surface area contributed by atoms with Crippen molar-refractivity contribution in [2.75, 3.05) is 40.8 Å². The molecule has 0 saturated carbocycles. The van der Waals surface area contributed by atoms with Gasteiger partial charge in [-0.15, -0.1) is 11.3 Å². The average molecular weight is 415 g/mol. The number of thiophene rings is 1. The highest BCUT2D eigenvalue weighted by molar-refractivity contribution is 7.10. The van der Waals surface area contributed by atoms with E-state index in [-0.39, 0.29) is 6.10 Å². The van der Waals surface area contributed by atoms with Crippen molar-refractivity contribution in [2.45, 2.75) is 31.9 Å². The highest BCUT2D eigenvalue weighted by Gasteiger charge is 2.27. The lowest BCUT2D eigenvalue weighted by Gasteiger charge is -2.33. The van der Waals surface area contributed by atoms with Crippen LogP contribution in [0.5, 0.6) is 0 Å². The Labute approximate surface area is 179 Å². The summed E-state index contributed by atoms with van der Waals surface area (Å²) in [5.41, 5.74) is 2.56. The van der Waals surface area contributed by atoms with Crippen LogP contribution in [-0.4, -0.2) is 51.7 Å². The van der Waals surface area contributed by atoms with Crippen LogP contribution >= 0.6 is 11.3 Å². The highest BCUT2D eigenvalue weighted by Crippen LogP contribution is 2.33. The van der Waals surface area contributed by atoms with E-state index in [1.165, 1.54) is 16.0 Å². The first kappa shape index (κ1) is 21.8. The Morgan fingerprint density at radius 2 is 2.03 bits per heavy atom. The highest BCUT2D eigenvalue weighted by atomic mass is 32.1. The molecule has 1 saturated heterocycles. The molecule has 0 amide bonds. The third-order valence-electron chi connectivity index (χ3n) is 5.56. The van der Waals surface area contributed by atoms with Crippen molar-refractivity contribution in [1.29, 1.82) is 0 Å². The zero-order chi connectivity index (χ0) is 20.6. The van der Waals surface area contributed by atoms with E-state index < -0.39 is 0 Å². The molecule has 2 aromatic rings. The Kier molecular flexibility index (Phi) is 8.09. The van der Waals surface area contributed by atoms with Crippen molar-refractivity contribution in [3.8, 4) is 0 Å². The van der Waals surface area contributed by atoms with Gasteiger partial charge >= 0.3 is 0 Å². The van der Waals surface area contributed by atoms with Crippen molar-refractivity contribution in [3.05, 3.63) is 57.8 Å². The molecule has 0 bridgehead atoms. The summed E-state index contributed by atoms with van der Waals surface area (Å²) < 4.78 is 6.16. The zero-order valence-corrected chi connectivity index (χ0v) is 18.8. The van der Waals surface area contributed by atoms with Gasteiger partial charge in [0.1, 0.15) is 0 Å². The van der Waals surface area contributed by atoms with E-state index in [9.17, 15) is 0 Å². The maximum absolute atomic E-state index is 6.16. The van der Waals surface area contributed by atoms with Gasteiger partial charge in [-0.2, -0.15) is 0 Å². The molecule has 1 aromatic heterocycles. The summed E-state index contributed by atoms with van der Waals surface area (Å²) in [6.45, 7) is 4.63. The topological polar surface area (TPSA) is 48.9 Å². The number of hydrogen-bond acceptors (Lipinski definition) is 4. The fraction of sp³-hybridized carbons (Fsp3) is 0.522. The van der Waals surface area contributed by atoms with Crippen LogP contribution in [0, 0.1) is 12.8 Å². The third kappa shape index (κ3) is 6.04. The first-order chi connectivity index (χ1) is 14.1. The van der Waals surface area contributed by atoms with Gasteiger partial charge in [-0.3, -0.25) is 4.99 Å². The molecule has 1 aliphatic heterocycles. The van der Waals surface area contributed by atoms with Gasteiger partial charge in [0.15, 0.2) is 5.96 Å². The van der Waals surface area contributed by atoms with Gasteiger partial charge in [-0.1, -0.05) is 35.9 Å². The number of benzene rings is 1. The Hall–Kier alpha value is -1.89. The first-order valence-corrected chi connectivity index (χ1v) is 11.3. The summed E-state index contributed by atoms with van der Waals surface area (Å²) in [7, 11) is 6.07. The lowest BCUT2D eigenvalue weighted by atomic mass is 9.89. The molecule has 1 fully saturated rings. The molecule has 3 atom stereocenters. The molecule has 0 aliphatic carbocycles. The molecule has 3 rings (SSSR count). The summed E-state index contributed by atoms with van der Waals surface area (Å²) >= 11 is 1.80. The van der Waals surface area contributed by atoms with Crippen molar-refractivity contribution >= 4 is 17.3 Å². The Bertz CT molecular complexity index is 758. The van der Waals surface area contributed by atoms with Gasteiger partial charge in [0.25, 0.3) is 0 Å². The van der Waals surface area contributed by atoms with Crippen LogP contribution in [-0.2, 0) is 4.74 Å². The molecule has 29 heavy (non-hydrogen) atoms. The van der Waals surface area contributed by atoms with Crippen LogP contribution in [0.4, 0.5) is 0 Å². The number of hydrogen-bond donors (Lipinski definition) is 2. The van der Waals surface area contributed by atoms with Gasteiger partial charge < -0.3 is 20.3 Å². The number of likely N-dealkylation sites (N-methyl/N-ethyl adjacent to an activating group) is 1. The van der Waals surface area contributed by atoms with Crippen LogP contribution < -0.4 is 10.6 Å². The van der Waals surface area contributed by atoms with E-state index in [2.05, 4.69) is 83.3 Å². The second-order valence-corrected chi connectivity index (χ2v) is 8.91. The molecule has 2 heterocycles. The molecular weight excluding hydrogens is 380 g/mol. The number of aliphatic imine (C=N–C) groups is 1. The Morgan fingerprint density at radius 3 is 2.69 bits per heavy atom. The summed E-state index contributed by atoms with van der Waals surface area (Å²) in [6, 6.07) is 13.4. The van der Waals surface area contributed by atoms with E-state index >= 15 is 0 Å². The maximum Gasteiger partial charge on any atom is 0.191 e. The number of nitrogens with one attached hydrogen (secondary N) is 2. The third-order valence-corrected chi connectivity index (χ3v) is 6.54. The van der Waals surface area contributed by atoms with Gasteiger partial charge in [0, 0.05) is 37.5 Å². The lowest BCUT2D eigenvalue weighted by molar-refractivity contribution is -0.0265. The van der Waals surface area contributed by atoms with Gasteiger partial charge in [0.05, 0.1) is 12.1 Å². The summed E-state index contributed by atoms with van der Waals surface area (Å²) in [6.07, 6.45) is 2.43. The van der Waals surface area contributed by atoms with Crippen LogP contribution in [0.3, 0.4) is 0 Å². The smallest absolute Gasteiger partial charge is 0.191 e. The minimum atomic E-state index is 0.149. The van der Waals surface area contributed by atoms with E-state index in [1.54, 1.807) is 11.3 Å². The van der Waals surface area contributed by atoms with Crippen LogP contribution in [0.2, 0.25) is 0 Å². The quantitative estimate of drug-likeness (QED) is 0.531. The fourth-order valence-corrected chi connectivity index (χ4v) is 4.76. The lowest BCUT2D eigenvalue weighted by Crippen LogP contribution is -2.44. The number of guanidine groups is 1. The molecule has 1 aromatic carbocycles. The molecule has 158 valence electrons. The van der Waals surface area contributed by atoms with Crippen LogP contribution in [0.25, 0.3) is 0 Å². The fourth-order valence-electron chi connectivity index (χ4n) is 3.84. The van der Waals surface area contributed by atoms with Gasteiger partial charge in [-0.05, 0) is 50.9 Å². The maximum atomic E-state index is 6.16. The second-order valence-electron chi connectivity index (χ2n) is 7.93.